The Morgan fingerprint density at radius 2 is 1.62 bits per heavy atom. The van der Waals surface area contributed by atoms with Crippen LogP contribution in [0, 0.1) is 5.92 Å². The lowest BCUT2D eigenvalue weighted by molar-refractivity contribution is -0.124. The average Bonchev–Trinajstić information content (AvgIpc) is 3.03. The minimum Gasteiger partial charge on any atom is -0.493 e. The van der Waals surface area contributed by atoms with E-state index >= 15 is 0 Å². The molecule has 0 radical (unpaired) electrons. The first kappa shape index (κ1) is 28.3. The van der Waals surface area contributed by atoms with Crippen molar-refractivity contribution in [1.82, 2.24) is 15.1 Å². The van der Waals surface area contributed by atoms with Crippen molar-refractivity contribution in [2.75, 3.05) is 46.9 Å². The van der Waals surface area contributed by atoms with Gasteiger partial charge < -0.3 is 24.6 Å². The second kappa shape index (κ2) is 12.6. The SMILES string of the molecule is COc1cc2c(cc1OC)[C@@H]1[C@H](C(=O)NCCCN3CCC(Cc4ccccc4)CC3)c3ccccc3C(=O)N1CC2. The largest absolute Gasteiger partial charge is 0.493 e. The lowest BCUT2D eigenvalue weighted by Gasteiger charge is -2.45. The van der Waals surface area contributed by atoms with Crippen LogP contribution in [0.3, 0.4) is 0 Å². The molecule has 3 heterocycles. The zero-order valence-electron chi connectivity index (χ0n) is 24.7. The Bertz CT molecular complexity index is 1420. The summed E-state index contributed by atoms with van der Waals surface area (Å²) in [4.78, 5) is 32.0. The Balaban J connectivity index is 1.12. The number of piperidine rings is 1. The molecule has 2 atom stereocenters. The summed E-state index contributed by atoms with van der Waals surface area (Å²) < 4.78 is 11.2. The van der Waals surface area contributed by atoms with Crippen molar-refractivity contribution in [3.63, 3.8) is 0 Å². The molecule has 1 saturated heterocycles. The van der Waals surface area contributed by atoms with E-state index in [9.17, 15) is 9.59 Å². The van der Waals surface area contributed by atoms with Crippen LogP contribution in [-0.4, -0.2) is 68.6 Å². The predicted octanol–water partition coefficient (Wildman–Crippen LogP) is 5.00. The van der Waals surface area contributed by atoms with Gasteiger partial charge >= 0.3 is 0 Å². The molecule has 0 unspecified atom stereocenters. The van der Waals surface area contributed by atoms with Crippen LogP contribution in [0.2, 0.25) is 0 Å². The molecular formula is C35H41N3O4. The first-order valence-corrected chi connectivity index (χ1v) is 15.3. The van der Waals surface area contributed by atoms with Gasteiger partial charge in [-0.1, -0.05) is 48.5 Å². The monoisotopic (exact) mass is 567 g/mol. The van der Waals surface area contributed by atoms with Gasteiger partial charge in [-0.15, -0.1) is 0 Å². The first-order chi connectivity index (χ1) is 20.6. The third kappa shape index (κ3) is 5.62. The van der Waals surface area contributed by atoms with E-state index < -0.39 is 5.92 Å². The third-order valence-electron chi connectivity index (χ3n) is 9.33. The molecule has 3 aliphatic rings. The van der Waals surface area contributed by atoms with E-state index in [0.717, 1.165) is 55.1 Å². The van der Waals surface area contributed by atoms with Gasteiger partial charge in [0.15, 0.2) is 11.5 Å². The van der Waals surface area contributed by atoms with Crippen LogP contribution in [0.15, 0.2) is 66.7 Å². The molecule has 2 amide bonds. The van der Waals surface area contributed by atoms with Crippen molar-refractivity contribution in [3.05, 3.63) is 94.5 Å². The van der Waals surface area contributed by atoms with Gasteiger partial charge in [-0.2, -0.15) is 0 Å². The van der Waals surface area contributed by atoms with Gasteiger partial charge in [-0.3, -0.25) is 9.59 Å². The van der Waals surface area contributed by atoms with Crippen molar-refractivity contribution >= 4 is 11.8 Å². The summed E-state index contributed by atoms with van der Waals surface area (Å²) in [6.45, 7) is 4.38. The number of benzene rings is 3. The van der Waals surface area contributed by atoms with Crippen molar-refractivity contribution in [3.8, 4) is 11.5 Å². The van der Waals surface area contributed by atoms with Gasteiger partial charge in [0.1, 0.15) is 0 Å². The molecule has 3 aliphatic heterocycles. The van der Waals surface area contributed by atoms with Crippen molar-refractivity contribution < 1.29 is 19.1 Å². The highest BCUT2D eigenvalue weighted by molar-refractivity contribution is 6.01. The molecule has 0 aromatic heterocycles. The van der Waals surface area contributed by atoms with Crippen molar-refractivity contribution in [2.45, 2.75) is 44.1 Å². The Morgan fingerprint density at radius 1 is 0.905 bits per heavy atom. The van der Waals surface area contributed by atoms with Gasteiger partial charge in [0, 0.05) is 18.7 Å². The Kier molecular flexibility index (Phi) is 8.47. The number of hydrogen-bond acceptors (Lipinski definition) is 5. The molecule has 0 bridgehead atoms. The van der Waals surface area contributed by atoms with Gasteiger partial charge in [-0.25, -0.2) is 0 Å². The van der Waals surface area contributed by atoms with Crippen LogP contribution in [0.25, 0.3) is 0 Å². The van der Waals surface area contributed by atoms with Crippen LogP contribution in [0.1, 0.15) is 63.8 Å². The van der Waals surface area contributed by atoms with Crippen LogP contribution < -0.4 is 14.8 Å². The van der Waals surface area contributed by atoms with Crippen molar-refractivity contribution in [2.24, 2.45) is 5.92 Å². The van der Waals surface area contributed by atoms with Gasteiger partial charge in [0.25, 0.3) is 5.91 Å². The van der Waals surface area contributed by atoms with E-state index in [1.54, 1.807) is 14.2 Å². The molecule has 1 fully saturated rings. The quantitative estimate of drug-likeness (QED) is 0.369. The van der Waals surface area contributed by atoms with E-state index in [2.05, 4.69) is 40.5 Å². The normalized spacial score (nSPS) is 20.3. The predicted molar refractivity (Wildman–Crippen MR) is 163 cm³/mol. The zero-order valence-corrected chi connectivity index (χ0v) is 24.7. The molecule has 0 saturated carbocycles. The number of carbonyl (C=O) groups is 2. The van der Waals surface area contributed by atoms with E-state index in [0.29, 0.717) is 36.6 Å². The Labute approximate surface area is 248 Å². The van der Waals surface area contributed by atoms with E-state index in [1.165, 1.54) is 18.4 Å². The number of nitrogens with zero attached hydrogens (tertiary/aromatic N) is 2. The first-order valence-electron chi connectivity index (χ1n) is 15.3. The Hall–Kier alpha value is -3.84. The maximum atomic E-state index is 14.0. The summed E-state index contributed by atoms with van der Waals surface area (Å²) in [6.07, 6.45) is 5.21. The number of carbonyl (C=O) groups excluding carboxylic acids is 2. The smallest absolute Gasteiger partial charge is 0.254 e. The van der Waals surface area contributed by atoms with Crippen LogP contribution in [0.5, 0.6) is 11.5 Å². The highest BCUT2D eigenvalue weighted by Crippen LogP contribution is 2.48. The average molecular weight is 568 g/mol. The van der Waals surface area contributed by atoms with E-state index in [4.69, 9.17) is 9.47 Å². The standard InChI is InChI=1S/C35H41N3O4/c1-41-30-22-26-15-20-38-33(29(26)23-31(30)42-2)32(27-11-6-7-12-28(27)35(38)40)34(39)36-16-8-17-37-18-13-25(14-19-37)21-24-9-4-3-5-10-24/h3-7,9-12,22-23,25,32-33H,8,13-21H2,1-2H3,(H,36,39)/t32-,33-/m1/s1. The van der Waals surface area contributed by atoms with E-state index in [1.807, 2.05) is 41.3 Å². The van der Waals surface area contributed by atoms with Gasteiger partial charge in [-0.05, 0) is 98.1 Å². The molecule has 1 N–H and O–H groups in total. The maximum Gasteiger partial charge on any atom is 0.254 e. The van der Waals surface area contributed by atoms with E-state index in [-0.39, 0.29) is 17.9 Å². The molecular weight excluding hydrogens is 526 g/mol. The number of rotatable bonds is 9. The lowest BCUT2D eigenvalue weighted by atomic mass is 9.75. The fraction of sp³-hybridized carbons (Fsp3) is 0.429. The number of hydrogen-bond donors (Lipinski definition) is 1. The second-order valence-electron chi connectivity index (χ2n) is 11.8. The van der Waals surface area contributed by atoms with Crippen LogP contribution in [-0.2, 0) is 17.6 Å². The van der Waals surface area contributed by atoms with Crippen LogP contribution >= 0.6 is 0 Å². The Morgan fingerprint density at radius 3 is 2.38 bits per heavy atom. The highest BCUT2D eigenvalue weighted by atomic mass is 16.5. The molecule has 3 aromatic rings. The third-order valence-corrected chi connectivity index (χ3v) is 9.33. The van der Waals surface area contributed by atoms with Crippen molar-refractivity contribution in [1.29, 1.82) is 0 Å². The molecule has 220 valence electrons. The summed E-state index contributed by atoms with van der Waals surface area (Å²) in [7, 11) is 3.24. The summed E-state index contributed by atoms with van der Waals surface area (Å²) in [5.74, 6) is 1.47. The summed E-state index contributed by atoms with van der Waals surface area (Å²) in [5, 5.41) is 3.24. The molecule has 7 nitrogen and oxygen atoms in total. The molecule has 3 aromatic carbocycles. The number of ether oxygens (including phenoxy) is 2. The summed E-state index contributed by atoms with van der Waals surface area (Å²) in [6, 6.07) is 21.9. The number of nitrogens with one attached hydrogen (secondary N) is 1. The number of methoxy groups -OCH3 is 2. The number of fused-ring (bicyclic) bond motifs is 4. The van der Waals surface area contributed by atoms with Gasteiger partial charge in [0.05, 0.1) is 26.2 Å². The summed E-state index contributed by atoms with van der Waals surface area (Å²) in [5.41, 5.74) is 4.90. The number of amides is 2. The minimum atomic E-state index is -0.496. The summed E-state index contributed by atoms with van der Waals surface area (Å²) >= 11 is 0. The van der Waals surface area contributed by atoms with Crippen LogP contribution in [0.4, 0.5) is 0 Å². The fourth-order valence-corrected chi connectivity index (χ4v) is 7.12. The van der Waals surface area contributed by atoms with Gasteiger partial charge in [0.2, 0.25) is 5.91 Å². The molecule has 0 spiro atoms. The minimum absolute atomic E-state index is 0.0178. The maximum absolute atomic E-state index is 14.0. The highest BCUT2D eigenvalue weighted by Gasteiger charge is 2.46. The number of likely N-dealkylation sites (tertiary alicyclic amines) is 1. The molecule has 7 heteroatoms. The topological polar surface area (TPSA) is 71.1 Å². The molecule has 6 rings (SSSR count). The molecule has 0 aliphatic carbocycles. The zero-order chi connectivity index (χ0) is 29.1. The molecule has 42 heavy (non-hydrogen) atoms. The lowest BCUT2D eigenvalue weighted by Crippen LogP contribution is -2.50. The fourth-order valence-electron chi connectivity index (χ4n) is 7.12. The second-order valence-corrected chi connectivity index (χ2v) is 11.8.